The van der Waals surface area contributed by atoms with Crippen LogP contribution in [-0.4, -0.2) is 6.61 Å². The molecule has 2 aliphatic rings. The Balaban J connectivity index is 1.42. The standard InChI is InChI=1S/C31H33F3O/c1-3-5-6-21-8-11-25-20-26(13-12-24(25)18-21)27-15-9-22(19-28(27)32)7-10-23-14-16-29(35-17-4-2)31(34)30(23)33/h3-4,9,14-16,19,21,24-26H,1-2,5-6,8,11-13,17-18,20H2. The summed E-state index contributed by atoms with van der Waals surface area (Å²) in [5.74, 6) is 5.27. The van der Waals surface area contributed by atoms with Gasteiger partial charge in [-0.2, -0.15) is 4.39 Å². The number of hydrogen-bond donors (Lipinski definition) is 0. The van der Waals surface area contributed by atoms with Gasteiger partial charge in [-0.3, -0.25) is 0 Å². The Kier molecular flexibility index (Phi) is 8.39. The Morgan fingerprint density at radius 3 is 2.46 bits per heavy atom. The van der Waals surface area contributed by atoms with Gasteiger partial charge < -0.3 is 4.74 Å². The van der Waals surface area contributed by atoms with Gasteiger partial charge in [0.1, 0.15) is 12.4 Å². The number of allylic oxidation sites excluding steroid dienone is 1. The number of rotatable bonds is 7. The van der Waals surface area contributed by atoms with E-state index in [2.05, 4.69) is 25.0 Å². The molecule has 4 atom stereocenters. The predicted octanol–water partition coefficient (Wildman–Crippen LogP) is 8.33. The smallest absolute Gasteiger partial charge is 0.201 e. The van der Waals surface area contributed by atoms with Crippen molar-refractivity contribution >= 4 is 0 Å². The van der Waals surface area contributed by atoms with Gasteiger partial charge >= 0.3 is 0 Å². The summed E-state index contributed by atoms with van der Waals surface area (Å²) in [5.41, 5.74) is 1.10. The van der Waals surface area contributed by atoms with E-state index in [0.717, 1.165) is 43.1 Å². The summed E-state index contributed by atoms with van der Waals surface area (Å²) in [6.45, 7) is 7.41. The molecule has 0 saturated heterocycles. The Morgan fingerprint density at radius 1 is 0.886 bits per heavy atom. The maximum absolute atomic E-state index is 15.1. The van der Waals surface area contributed by atoms with Crippen LogP contribution < -0.4 is 4.74 Å². The molecule has 4 rings (SSSR count). The molecule has 1 nitrogen and oxygen atoms in total. The summed E-state index contributed by atoms with van der Waals surface area (Å²) < 4.78 is 48.7. The van der Waals surface area contributed by atoms with Crippen molar-refractivity contribution in [2.24, 2.45) is 17.8 Å². The van der Waals surface area contributed by atoms with E-state index in [1.807, 2.05) is 12.1 Å². The molecule has 0 radical (unpaired) electrons. The van der Waals surface area contributed by atoms with Crippen molar-refractivity contribution in [1.82, 2.24) is 0 Å². The second kappa shape index (κ2) is 11.7. The first-order valence-electron chi connectivity index (χ1n) is 12.6. The minimum atomic E-state index is -1.09. The van der Waals surface area contributed by atoms with Crippen molar-refractivity contribution in [2.45, 2.75) is 57.3 Å². The SMILES string of the molecule is C=CCCC1CCC2CC(c3ccc(C#Cc4ccc(OCC=C)c(F)c4F)cc3F)CCC2C1. The number of halogens is 3. The van der Waals surface area contributed by atoms with Crippen LogP contribution in [0.3, 0.4) is 0 Å². The predicted molar refractivity (Wildman–Crippen MR) is 135 cm³/mol. The van der Waals surface area contributed by atoms with Gasteiger partial charge in [-0.05, 0) is 98.4 Å². The van der Waals surface area contributed by atoms with Gasteiger partial charge in [-0.15, -0.1) is 6.58 Å². The number of fused-ring (bicyclic) bond motifs is 1. The van der Waals surface area contributed by atoms with Gasteiger partial charge in [0.25, 0.3) is 0 Å². The maximum Gasteiger partial charge on any atom is 0.201 e. The van der Waals surface area contributed by atoms with Gasteiger partial charge in [0.15, 0.2) is 11.6 Å². The van der Waals surface area contributed by atoms with Crippen molar-refractivity contribution in [3.8, 4) is 17.6 Å². The van der Waals surface area contributed by atoms with Crippen LogP contribution in [0.1, 0.15) is 74.0 Å². The largest absolute Gasteiger partial charge is 0.486 e. The highest BCUT2D eigenvalue weighted by atomic mass is 19.2. The summed E-state index contributed by atoms with van der Waals surface area (Å²) in [4.78, 5) is 0. The molecule has 2 fully saturated rings. The lowest BCUT2D eigenvalue weighted by molar-refractivity contribution is 0.114. The minimum Gasteiger partial charge on any atom is -0.486 e. The summed E-state index contributed by atoms with van der Waals surface area (Å²) in [6, 6.07) is 7.71. The lowest BCUT2D eigenvalue weighted by atomic mass is 9.63. The van der Waals surface area contributed by atoms with E-state index in [-0.39, 0.29) is 29.7 Å². The lowest BCUT2D eigenvalue weighted by Gasteiger charge is -2.42. The minimum absolute atomic E-state index is 0.0751. The average Bonchev–Trinajstić information content (AvgIpc) is 2.87. The molecule has 2 aliphatic carbocycles. The van der Waals surface area contributed by atoms with Gasteiger partial charge in [-0.1, -0.05) is 43.1 Å². The van der Waals surface area contributed by atoms with Crippen LogP contribution in [0.5, 0.6) is 5.75 Å². The maximum atomic E-state index is 15.1. The molecule has 0 heterocycles. The van der Waals surface area contributed by atoms with E-state index in [0.29, 0.717) is 11.5 Å². The third kappa shape index (κ3) is 6.01. The van der Waals surface area contributed by atoms with E-state index >= 15 is 4.39 Å². The number of benzene rings is 2. The molecule has 2 saturated carbocycles. The fourth-order valence-electron chi connectivity index (χ4n) is 5.85. The summed E-state index contributed by atoms with van der Waals surface area (Å²) in [7, 11) is 0. The highest BCUT2D eigenvalue weighted by Gasteiger charge is 2.36. The molecule has 0 spiro atoms. The molecule has 0 amide bonds. The number of hydrogen-bond acceptors (Lipinski definition) is 1. The molecule has 4 heteroatoms. The first kappa shape index (κ1) is 25.2. The Labute approximate surface area is 207 Å². The highest BCUT2D eigenvalue weighted by molar-refractivity contribution is 5.46. The second-order valence-corrected chi connectivity index (χ2v) is 9.90. The zero-order valence-corrected chi connectivity index (χ0v) is 20.2. The van der Waals surface area contributed by atoms with E-state index in [1.165, 1.54) is 50.0 Å². The van der Waals surface area contributed by atoms with Crippen molar-refractivity contribution in [2.75, 3.05) is 6.61 Å². The van der Waals surface area contributed by atoms with Crippen molar-refractivity contribution < 1.29 is 17.9 Å². The molecule has 4 unspecified atom stereocenters. The van der Waals surface area contributed by atoms with Crippen LogP contribution in [0.15, 0.2) is 55.6 Å². The fraction of sp³-hybridized carbons (Fsp3) is 0.419. The van der Waals surface area contributed by atoms with E-state index in [1.54, 1.807) is 6.07 Å². The molecule has 2 aromatic rings. The quantitative estimate of drug-likeness (QED) is 0.287. The van der Waals surface area contributed by atoms with Crippen molar-refractivity contribution in [3.05, 3.63) is 89.8 Å². The van der Waals surface area contributed by atoms with Gasteiger partial charge in [0.2, 0.25) is 5.82 Å². The Bertz CT molecular complexity index is 1130. The van der Waals surface area contributed by atoms with Crippen LogP contribution in [0, 0.1) is 47.0 Å². The molecule has 35 heavy (non-hydrogen) atoms. The molecular formula is C31H33F3O. The topological polar surface area (TPSA) is 9.23 Å². The van der Waals surface area contributed by atoms with Crippen molar-refractivity contribution in [1.29, 1.82) is 0 Å². The Morgan fingerprint density at radius 2 is 1.69 bits per heavy atom. The van der Waals surface area contributed by atoms with Crippen molar-refractivity contribution in [3.63, 3.8) is 0 Å². The van der Waals surface area contributed by atoms with Crippen LogP contribution >= 0.6 is 0 Å². The molecule has 0 N–H and O–H groups in total. The average molecular weight is 479 g/mol. The van der Waals surface area contributed by atoms with Crippen LogP contribution in [-0.2, 0) is 0 Å². The zero-order valence-electron chi connectivity index (χ0n) is 20.2. The van der Waals surface area contributed by atoms with Crippen LogP contribution in [0.4, 0.5) is 13.2 Å². The third-order valence-electron chi connectivity index (χ3n) is 7.69. The molecule has 0 bridgehead atoms. The first-order valence-corrected chi connectivity index (χ1v) is 12.6. The molecule has 0 aliphatic heterocycles. The summed E-state index contributed by atoms with van der Waals surface area (Å²) in [6.07, 6.45) is 12.9. The molecule has 184 valence electrons. The molecular weight excluding hydrogens is 445 g/mol. The lowest BCUT2D eigenvalue weighted by Crippen LogP contribution is -2.30. The highest BCUT2D eigenvalue weighted by Crippen LogP contribution is 2.48. The summed E-state index contributed by atoms with van der Waals surface area (Å²) in [5, 5.41) is 0. The molecule has 2 aromatic carbocycles. The third-order valence-corrected chi connectivity index (χ3v) is 7.69. The number of ether oxygens (including phenoxy) is 1. The van der Waals surface area contributed by atoms with Gasteiger partial charge in [0.05, 0.1) is 5.56 Å². The fourth-order valence-corrected chi connectivity index (χ4v) is 5.85. The van der Waals surface area contributed by atoms with E-state index < -0.39 is 11.6 Å². The molecule has 0 aromatic heterocycles. The first-order chi connectivity index (χ1) is 17.0. The van der Waals surface area contributed by atoms with Gasteiger partial charge in [-0.25, -0.2) is 8.78 Å². The van der Waals surface area contributed by atoms with Crippen LogP contribution in [0.25, 0.3) is 0 Å². The van der Waals surface area contributed by atoms with Crippen LogP contribution in [0.2, 0.25) is 0 Å². The summed E-state index contributed by atoms with van der Waals surface area (Å²) >= 11 is 0. The monoisotopic (exact) mass is 478 g/mol. The Hall–Kier alpha value is -2.93. The van der Waals surface area contributed by atoms with Gasteiger partial charge in [0, 0.05) is 5.56 Å². The normalized spacial score (nSPS) is 23.5. The zero-order chi connectivity index (χ0) is 24.8. The van der Waals surface area contributed by atoms with E-state index in [4.69, 9.17) is 4.74 Å². The second-order valence-electron chi connectivity index (χ2n) is 9.90. The van der Waals surface area contributed by atoms with E-state index in [9.17, 15) is 8.78 Å².